The van der Waals surface area contributed by atoms with Gasteiger partial charge in [-0.2, -0.15) is 18.2 Å². The molecule has 172 valence electrons. The van der Waals surface area contributed by atoms with Crippen LogP contribution in [0.25, 0.3) is 0 Å². The minimum atomic E-state index is -4.65. The molecular formula is C23H22F3N5O2. The zero-order valence-corrected chi connectivity index (χ0v) is 17.7. The monoisotopic (exact) mass is 457 g/mol. The van der Waals surface area contributed by atoms with Gasteiger partial charge in [-0.1, -0.05) is 24.8 Å². The number of rotatable bonds is 10. The van der Waals surface area contributed by atoms with Gasteiger partial charge in [-0.3, -0.25) is 4.79 Å². The quantitative estimate of drug-likeness (QED) is 0.297. The average molecular weight is 457 g/mol. The summed E-state index contributed by atoms with van der Waals surface area (Å²) in [6.07, 6.45) is -3.25. The fourth-order valence-electron chi connectivity index (χ4n) is 2.88. The highest BCUT2D eigenvalue weighted by molar-refractivity contribution is 5.72. The molecule has 0 aliphatic heterocycles. The summed E-state index contributed by atoms with van der Waals surface area (Å²) < 4.78 is 45.8. The Labute approximate surface area is 188 Å². The van der Waals surface area contributed by atoms with Gasteiger partial charge < -0.3 is 20.7 Å². The third-order valence-corrected chi connectivity index (χ3v) is 4.46. The predicted octanol–water partition coefficient (Wildman–Crippen LogP) is 4.84. The number of methoxy groups -OCH3 is 1. The van der Waals surface area contributed by atoms with Crippen LogP contribution in [0.2, 0.25) is 0 Å². The SMILES string of the molecule is C=C(C=O)CNCc1cccc(Nc2nc(Nc3cccc(OC)c3)ncc2C(F)(F)F)c1. The molecule has 0 aliphatic rings. The van der Waals surface area contributed by atoms with Gasteiger partial charge in [0, 0.05) is 36.7 Å². The molecule has 0 saturated carbocycles. The van der Waals surface area contributed by atoms with Gasteiger partial charge in [0.2, 0.25) is 5.95 Å². The number of aromatic nitrogens is 2. The number of halogens is 3. The highest BCUT2D eigenvalue weighted by atomic mass is 19.4. The molecule has 3 rings (SSSR count). The summed E-state index contributed by atoms with van der Waals surface area (Å²) in [4.78, 5) is 18.5. The first-order valence-corrected chi connectivity index (χ1v) is 9.83. The van der Waals surface area contributed by atoms with Crippen LogP contribution in [0.5, 0.6) is 5.75 Å². The van der Waals surface area contributed by atoms with Crippen molar-refractivity contribution in [1.29, 1.82) is 0 Å². The maximum atomic E-state index is 13.6. The molecule has 0 saturated heterocycles. The normalized spacial score (nSPS) is 11.0. The lowest BCUT2D eigenvalue weighted by atomic mass is 10.2. The first-order valence-electron chi connectivity index (χ1n) is 9.83. The van der Waals surface area contributed by atoms with Crippen LogP contribution in [0.15, 0.2) is 66.9 Å². The van der Waals surface area contributed by atoms with E-state index < -0.39 is 11.7 Å². The van der Waals surface area contributed by atoms with E-state index in [9.17, 15) is 18.0 Å². The third-order valence-electron chi connectivity index (χ3n) is 4.46. The molecule has 0 atom stereocenters. The van der Waals surface area contributed by atoms with Crippen LogP contribution in [-0.2, 0) is 17.5 Å². The van der Waals surface area contributed by atoms with Gasteiger partial charge in [0.1, 0.15) is 23.4 Å². The van der Waals surface area contributed by atoms with Gasteiger partial charge >= 0.3 is 6.18 Å². The van der Waals surface area contributed by atoms with Crippen LogP contribution in [0.3, 0.4) is 0 Å². The molecule has 10 heteroatoms. The number of carbonyl (C=O) groups excluding carboxylic acids is 1. The Morgan fingerprint density at radius 3 is 2.55 bits per heavy atom. The van der Waals surface area contributed by atoms with Gasteiger partial charge in [-0.25, -0.2) is 4.98 Å². The molecule has 0 amide bonds. The fraction of sp³-hybridized carbons (Fsp3) is 0.174. The van der Waals surface area contributed by atoms with Crippen molar-refractivity contribution in [1.82, 2.24) is 15.3 Å². The minimum Gasteiger partial charge on any atom is -0.497 e. The number of nitrogens with one attached hydrogen (secondary N) is 3. The molecule has 0 spiro atoms. The van der Waals surface area contributed by atoms with Crippen molar-refractivity contribution in [3.63, 3.8) is 0 Å². The van der Waals surface area contributed by atoms with Crippen molar-refractivity contribution < 1.29 is 22.7 Å². The molecule has 0 fully saturated rings. The van der Waals surface area contributed by atoms with E-state index in [-0.39, 0.29) is 11.8 Å². The zero-order chi connectivity index (χ0) is 23.8. The molecule has 1 aromatic heterocycles. The molecule has 7 nitrogen and oxygen atoms in total. The second-order valence-corrected chi connectivity index (χ2v) is 7.02. The van der Waals surface area contributed by atoms with Crippen molar-refractivity contribution in [2.45, 2.75) is 12.7 Å². The number of ether oxygens (including phenoxy) is 1. The maximum absolute atomic E-state index is 13.6. The first kappa shape index (κ1) is 23.7. The van der Waals surface area contributed by atoms with Crippen molar-refractivity contribution >= 4 is 29.4 Å². The second kappa shape index (κ2) is 10.6. The van der Waals surface area contributed by atoms with Crippen molar-refractivity contribution in [2.75, 3.05) is 24.3 Å². The van der Waals surface area contributed by atoms with Crippen LogP contribution in [0.4, 0.5) is 36.3 Å². The van der Waals surface area contributed by atoms with Crippen LogP contribution in [0.1, 0.15) is 11.1 Å². The minimum absolute atomic E-state index is 0.0102. The number of hydrogen-bond acceptors (Lipinski definition) is 7. The molecule has 2 aromatic carbocycles. The Balaban J connectivity index is 1.83. The molecule has 0 unspecified atom stereocenters. The maximum Gasteiger partial charge on any atom is 0.421 e. The third kappa shape index (κ3) is 6.78. The molecular weight excluding hydrogens is 435 g/mol. The van der Waals surface area contributed by atoms with E-state index in [2.05, 4.69) is 32.5 Å². The first-order chi connectivity index (χ1) is 15.8. The number of benzene rings is 2. The largest absolute Gasteiger partial charge is 0.497 e. The summed E-state index contributed by atoms with van der Waals surface area (Å²) >= 11 is 0. The Kier molecular flexibility index (Phi) is 7.62. The van der Waals surface area contributed by atoms with Crippen molar-refractivity contribution in [2.24, 2.45) is 0 Å². The number of alkyl halides is 3. The second-order valence-electron chi connectivity index (χ2n) is 7.02. The average Bonchev–Trinajstić information content (AvgIpc) is 2.78. The van der Waals surface area contributed by atoms with E-state index >= 15 is 0 Å². The number of carbonyl (C=O) groups is 1. The van der Waals surface area contributed by atoms with Crippen LogP contribution >= 0.6 is 0 Å². The summed E-state index contributed by atoms with van der Waals surface area (Å²) in [6, 6.07) is 13.7. The lowest BCUT2D eigenvalue weighted by Gasteiger charge is -2.15. The molecule has 33 heavy (non-hydrogen) atoms. The number of anilines is 4. The van der Waals surface area contributed by atoms with Gasteiger partial charge in [-0.05, 0) is 35.4 Å². The van der Waals surface area contributed by atoms with E-state index in [0.717, 1.165) is 11.8 Å². The molecule has 0 radical (unpaired) electrons. The van der Waals surface area contributed by atoms with Gasteiger partial charge in [-0.15, -0.1) is 0 Å². The number of aldehydes is 1. The zero-order valence-electron chi connectivity index (χ0n) is 17.7. The summed E-state index contributed by atoms with van der Waals surface area (Å²) in [5, 5.41) is 8.66. The molecule has 3 aromatic rings. The van der Waals surface area contributed by atoms with E-state index in [1.165, 1.54) is 7.11 Å². The number of hydrogen-bond donors (Lipinski definition) is 3. The van der Waals surface area contributed by atoms with Crippen LogP contribution in [-0.4, -0.2) is 29.9 Å². The van der Waals surface area contributed by atoms with Gasteiger partial charge in [0.15, 0.2) is 0 Å². The Hall–Kier alpha value is -3.92. The summed E-state index contributed by atoms with van der Waals surface area (Å²) in [5.41, 5.74) is 1.18. The molecule has 0 aliphatic carbocycles. The molecule has 0 bridgehead atoms. The van der Waals surface area contributed by atoms with Gasteiger partial charge in [0.05, 0.1) is 7.11 Å². The summed E-state index contributed by atoms with van der Waals surface area (Å²) in [5.74, 6) is 0.179. The summed E-state index contributed by atoms with van der Waals surface area (Å²) in [6.45, 7) is 4.30. The lowest BCUT2D eigenvalue weighted by Crippen LogP contribution is -2.16. The topological polar surface area (TPSA) is 88.2 Å². The van der Waals surface area contributed by atoms with E-state index in [0.29, 0.717) is 42.1 Å². The van der Waals surface area contributed by atoms with Crippen molar-refractivity contribution in [3.05, 3.63) is 78.0 Å². The van der Waals surface area contributed by atoms with Crippen LogP contribution < -0.4 is 20.7 Å². The number of nitrogens with zero attached hydrogens (tertiary/aromatic N) is 2. The van der Waals surface area contributed by atoms with E-state index in [1.807, 2.05) is 6.07 Å². The Morgan fingerprint density at radius 2 is 1.85 bits per heavy atom. The molecule has 1 heterocycles. The highest BCUT2D eigenvalue weighted by Crippen LogP contribution is 2.35. The van der Waals surface area contributed by atoms with Crippen molar-refractivity contribution in [3.8, 4) is 5.75 Å². The smallest absolute Gasteiger partial charge is 0.421 e. The predicted molar refractivity (Wildman–Crippen MR) is 120 cm³/mol. The highest BCUT2D eigenvalue weighted by Gasteiger charge is 2.35. The Bertz CT molecular complexity index is 1140. The Morgan fingerprint density at radius 1 is 1.12 bits per heavy atom. The van der Waals surface area contributed by atoms with E-state index in [4.69, 9.17) is 4.74 Å². The lowest BCUT2D eigenvalue weighted by molar-refractivity contribution is -0.137. The van der Waals surface area contributed by atoms with Crippen LogP contribution in [0, 0.1) is 0 Å². The standard InChI is InChI=1S/C23H22F3N5O2/c1-15(14-32)11-27-12-16-5-3-6-17(9-16)29-21-20(23(24,25)26)13-28-22(31-21)30-18-7-4-8-19(10-18)33-2/h3-10,13-14,27H,1,11-12H2,2H3,(H2,28,29,30,31). The molecule has 3 N–H and O–H groups in total. The summed E-state index contributed by atoms with van der Waals surface area (Å²) in [7, 11) is 1.51. The van der Waals surface area contributed by atoms with Gasteiger partial charge in [0.25, 0.3) is 0 Å². The fourth-order valence-corrected chi connectivity index (χ4v) is 2.88. The van der Waals surface area contributed by atoms with E-state index in [1.54, 1.807) is 42.5 Å².